The van der Waals surface area contributed by atoms with E-state index in [0.29, 0.717) is 5.56 Å². The summed E-state index contributed by atoms with van der Waals surface area (Å²) in [6.07, 6.45) is -5.31. The lowest BCUT2D eigenvalue weighted by atomic mass is 10.0. The van der Waals surface area contributed by atoms with E-state index >= 15 is 0 Å². The Labute approximate surface area is 171 Å². The number of alkyl halides is 3. The van der Waals surface area contributed by atoms with Crippen molar-refractivity contribution in [3.63, 3.8) is 0 Å². The van der Waals surface area contributed by atoms with Gasteiger partial charge in [0.1, 0.15) is 18.6 Å². The fourth-order valence-corrected chi connectivity index (χ4v) is 2.56. The van der Waals surface area contributed by atoms with Gasteiger partial charge >= 0.3 is 18.1 Å². The predicted molar refractivity (Wildman–Crippen MR) is 100 cm³/mol. The highest BCUT2D eigenvalue weighted by molar-refractivity contribution is 5.93. The Hall–Kier alpha value is -3.11. The number of amides is 3. The van der Waals surface area contributed by atoms with Crippen LogP contribution < -0.4 is 16.0 Å². The first-order valence-electron chi connectivity index (χ1n) is 9.11. The first-order chi connectivity index (χ1) is 13.9. The summed E-state index contributed by atoms with van der Waals surface area (Å²) in [5, 5.41) is 14.8. The summed E-state index contributed by atoms with van der Waals surface area (Å²) in [5.74, 6) is -5.46. The molecule has 0 spiro atoms. The van der Waals surface area contributed by atoms with E-state index in [1.54, 1.807) is 49.5 Å². The maximum absolute atomic E-state index is 12.7. The molecule has 0 aliphatic carbocycles. The van der Waals surface area contributed by atoms with Gasteiger partial charge in [0, 0.05) is 6.42 Å². The van der Waals surface area contributed by atoms with Gasteiger partial charge in [0.05, 0.1) is 0 Å². The molecule has 0 fully saturated rings. The summed E-state index contributed by atoms with van der Waals surface area (Å²) in [6, 6.07) is 5.30. The van der Waals surface area contributed by atoms with Crippen molar-refractivity contribution < 1.29 is 37.5 Å². The molecule has 0 aromatic heterocycles. The van der Waals surface area contributed by atoms with E-state index in [1.165, 1.54) is 0 Å². The van der Waals surface area contributed by atoms with Crippen LogP contribution in [0.25, 0.3) is 0 Å². The van der Waals surface area contributed by atoms with Crippen LogP contribution in [0.4, 0.5) is 13.2 Å². The van der Waals surface area contributed by atoms with Crippen LogP contribution in [0.1, 0.15) is 25.8 Å². The van der Waals surface area contributed by atoms with Crippen LogP contribution in [0.3, 0.4) is 0 Å². The topological polar surface area (TPSA) is 125 Å². The van der Waals surface area contributed by atoms with Gasteiger partial charge in [0.15, 0.2) is 0 Å². The summed E-state index contributed by atoms with van der Waals surface area (Å²) >= 11 is 0. The highest BCUT2D eigenvalue weighted by Gasteiger charge is 2.41. The van der Waals surface area contributed by atoms with Crippen LogP contribution in [0, 0.1) is 5.92 Å². The Morgan fingerprint density at radius 3 is 2.07 bits per heavy atom. The normalized spacial score (nSPS) is 13.3. The molecule has 0 saturated carbocycles. The number of benzene rings is 1. The fraction of sp³-hybridized carbons (Fsp3) is 0.474. The van der Waals surface area contributed by atoms with Crippen molar-refractivity contribution >= 4 is 23.7 Å². The van der Waals surface area contributed by atoms with Gasteiger partial charge in [0.25, 0.3) is 0 Å². The van der Waals surface area contributed by atoms with Gasteiger partial charge in [0.2, 0.25) is 11.8 Å². The van der Waals surface area contributed by atoms with Crippen molar-refractivity contribution in [1.82, 2.24) is 16.0 Å². The molecule has 0 radical (unpaired) electrons. The molecule has 11 heteroatoms. The molecule has 0 bridgehead atoms. The smallest absolute Gasteiger partial charge is 0.471 e. The van der Waals surface area contributed by atoms with Crippen molar-refractivity contribution in [3.05, 3.63) is 35.9 Å². The molecular weight excluding hydrogens is 407 g/mol. The molecule has 1 aromatic rings. The van der Waals surface area contributed by atoms with E-state index < -0.39 is 48.5 Å². The highest BCUT2D eigenvalue weighted by Crippen LogP contribution is 2.15. The number of hydrogen-bond donors (Lipinski definition) is 4. The minimum absolute atomic E-state index is 0.0942. The van der Waals surface area contributed by atoms with Crippen LogP contribution in [0.5, 0.6) is 0 Å². The van der Waals surface area contributed by atoms with Crippen LogP contribution >= 0.6 is 0 Å². The number of halogens is 3. The van der Waals surface area contributed by atoms with Gasteiger partial charge in [-0.05, 0) is 17.9 Å². The molecule has 1 rings (SSSR count). The number of aliphatic carboxylic acids is 1. The lowest BCUT2D eigenvalue weighted by Crippen LogP contribution is -2.56. The number of carbonyl (C=O) groups is 4. The van der Waals surface area contributed by atoms with Crippen molar-refractivity contribution in [1.29, 1.82) is 0 Å². The van der Waals surface area contributed by atoms with E-state index in [0.717, 1.165) is 0 Å². The first kappa shape index (κ1) is 24.9. The first-order valence-corrected chi connectivity index (χ1v) is 9.11. The monoisotopic (exact) mass is 431 g/mol. The molecule has 1 aromatic carbocycles. The lowest BCUT2D eigenvalue weighted by molar-refractivity contribution is -0.174. The van der Waals surface area contributed by atoms with Crippen molar-refractivity contribution in [3.8, 4) is 0 Å². The highest BCUT2D eigenvalue weighted by atomic mass is 19.4. The largest absolute Gasteiger partial charge is 0.480 e. The van der Waals surface area contributed by atoms with E-state index in [1.807, 2.05) is 0 Å². The van der Waals surface area contributed by atoms with Gasteiger partial charge < -0.3 is 21.1 Å². The Kier molecular flexibility index (Phi) is 9.28. The third kappa shape index (κ3) is 8.93. The predicted octanol–water partition coefficient (Wildman–Crippen LogP) is 1.01. The van der Waals surface area contributed by atoms with Crippen LogP contribution in [-0.4, -0.2) is 53.6 Å². The Bertz CT molecular complexity index is 754. The molecule has 0 aliphatic heterocycles. The molecule has 0 unspecified atom stereocenters. The molecule has 4 N–H and O–H groups in total. The quantitative estimate of drug-likeness (QED) is 0.440. The molecule has 0 aliphatic rings. The number of carboxylic acids is 1. The third-order valence-electron chi connectivity index (χ3n) is 3.92. The second kappa shape index (κ2) is 11.2. The Balaban J connectivity index is 3.01. The second-order valence-corrected chi connectivity index (χ2v) is 7.02. The Morgan fingerprint density at radius 1 is 0.967 bits per heavy atom. The summed E-state index contributed by atoms with van der Waals surface area (Å²) in [6.45, 7) is 2.81. The second-order valence-electron chi connectivity index (χ2n) is 7.02. The van der Waals surface area contributed by atoms with E-state index in [2.05, 4.69) is 10.6 Å². The molecule has 0 saturated heterocycles. The van der Waals surface area contributed by atoms with Gasteiger partial charge in [-0.2, -0.15) is 13.2 Å². The zero-order chi connectivity index (χ0) is 22.9. The standard InChI is InChI=1S/C19H24F3N3O5/c1-11(2)8-13(16(28)23-10-15(26)27)24-17(29)14(25-18(30)19(20,21)22)9-12-6-4-3-5-7-12/h3-7,11,13-14H,8-10H2,1-2H3,(H,23,28)(H,24,29)(H,25,30)(H,26,27)/t13-,14-/m0/s1. The van der Waals surface area contributed by atoms with Crippen LogP contribution in [0.15, 0.2) is 30.3 Å². The molecule has 166 valence electrons. The average Bonchev–Trinajstić information content (AvgIpc) is 2.64. The van der Waals surface area contributed by atoms with Crippen LogP contribution in [0.2, 0.25) is 0 Å². The summed E-state index contributed by atoms with van der Waals surface area (Å²) < 4.78 is 38.1. The lowest BCUT2D eigenvalue weighted by Gasteiger charge is -2.24. The SMILES string of the molecule is CC(C)C[C@H](NC(=O)[C@H](Cc1ccccc1)NC(=O)C(F)(F)F)C(=O)NCC(=O)O. The van der Waals surface area contributed by atoms with Gasteiger partial charge in [-0.15, -0.1) is 0 Å². The van der Waals surface area contributed by atoms with Gasteiger partial charge in [-0.25, -0.2) is 0 Å². The van der Waals surface area contributed by atoms with Crippen LogP contribution in [-0.2, 0) is 25.6 Å². The number of hydrogen-bond acceptors (Lipinski definition) is 4. The molecule has 8 nitrogen and oxygen atoms in total. The van der Waals surface area contributed by atoms with Gasteiger partial charge in [-0.1, -0.05) is 44.2 Å². The van der Waals surface area contributed by atoms with E-state index in [4.69, 9.17) is 5.11 Å². The molecule has 2 atom stereocenters. The Morgan fingerprint density at radius 2 is 1.57 bits per heavy atom. The van der Waals surface area contributed by atoms with Gasteiger partial charge in [-0.3, -0.25) is 19.2 Å². The zero-order valence-electron chi connectivity index (χ0n) is 16.5. The van der Waals surface area contributed by atoms with E-state index in [9.17, 15) is 32.3 Å². The number of carboxylic acid groups (broad SMARTS) is 1. The minimum Gasteiger partial charge on any atom is -0.480 e. The summed E-state index contributed by atoms with van der Waals surface area (Å²) in [5.41, 5.74) is 0.496. The van der Waals surface area contributed by atoms with Crippen molar-refractivity contribution in [2.24, 2.45) is 5.92 Å². The van der Waals surface area contributed by atoms with E-state index in [-0.39, 0.29) is 18.8 Å². The maximum Gasteiger partial charge on any atom is 0.471 e. The molecule has 3 amide bonds. The van der Waals surface area contributed by atoms with Crippen molar-refractivity contribution in [2.75, 3.05) is 6.54 Å². The molecule has 0 heterocycles. The summed E-state index contributed by atoms with van der Waals surface area (Å²) in [7, 11) is 0. The maximum atomic E-state index is 12.7. The average molecular weight is 431 g/mol. The number of nitrogens with one attached hydrogen (secondary N) is 3. The molecule has 30 heavy (non-hydrogen) atoms. The number of rotatable bonds is 10. The third-order valence-corrected chi connectivity index (χ3v) is 3.92. The molecular formula is C19H24F3N3O5. The number of carbonyl (C=O) groups excluding carboxylic acids is 3. The fourth-order valence-electron chi connectivity index (χ4n) is 2.56. The van der Waals surface area contributed by atoms with Crippen molar-refractivity contribution in [2.45, 2.75) is 44.9 Å². The summed E-state index contributed by atoms with van der Waals surface area (Å²) in [4.78, 5) is 46.9. The minimum atomic E-state index is -5.19. The zero-order valence-corrected chi connectivity index (χ0v) is 16.5.